The van der Waals surface area contributed by atoms with E-state index in [1.807, 2.05) is 33.8 Å². The van der Waals surface area contributed by atoms with Crippen molar-refractivity contribution in [1.29, 1.82) is 0 Å². The first-order valence-electron chi connectivity index (χ1n) is 8.76. The van der Waals surface area contributed by atoms with Crippen LogP contribution in [-0.2, 0) is 15.7 Å². The Kier molecular flexibility index (Phi) is 4.67. The van der Waals surface area contributed by atoms with Gasteiger partial charge in [-0.3, -0.25) is 4.79 Å². The Labute approximate surface area is 162 Å². The summed E-state index contributed by atoms with van der Waals surface area (Å²) in [4.78, 5) is 40.1. The lowest BCUT2D eigenvalue weighted by Crippen LogP contribution is -2.55. The third-order valence-electron chi connectivity index (χ3n) is 4.76. The van der Waals surface area contributed by atoms with E-state index < -0.39 is 17.5 Å². The van der Waals surface area contributed by atoms with Crippen LogP contribution in [0.5, 0.6) is 0 Å². The molecule has 2 aromatic heterocycles. The molecule has 0 bridgehead atoms. The average Bonchev–Trinajstić information content (AvgIpc) is 3.18. The summed E-state index contributed by atoms with van der Waals surface area (Å²) in [6.45, 7) is 8.37. The van der Waals surface area contributed by atoms with Crippen molar-refractivity contribution in [2.45, 2.75) is 51.5 Å². The number of primary amides is 2. The first-order chi connectivity index (χ1) is 12.6. The van der Waals surface area contributed by atoms with Crippen LogP contribution in [0.15, 0.2) is 12.3 Å². The number of carbonyl (C=O) groups is 2. The van der Waals surface area contributed by atoms with Gasteiger partial charge in [-0.25, -0.2) is 19.7 Å². The van der Waals surface area contributed by atoms with Crippen molar-refractivity contribution in [2.75, 3.05) is 6.54 Å². The van der Waals surface area contributed by atoms with Crippen LogP contribution in [0.3, 0.4) is 0 Å². The quantitative estimate of drug-likeness (QED) is 0.832. The van der Waals surface area contributed by atoms with Gasteiger partial charge in [0.2, 0.25) is 0 Å². The fraction of sp³-hybridized carbons (Fsp3) is 0.500. The van der Waals surface area contributed by atoms with Crippen LogP contribution in [-0.4, -0.2) is 38.3 Å². The number of amides is 3. The van der Waals surface area contributed by atoms with Crippen molar-refractivity contribution in [1.82, 2.24) is 19.9 Å². The van der Waals surface area contributed by atoms with Crippen LogP contribution in [0.1, 0.15) is 50.1 Å². The van der Waals surface area contributed by atoms with Crippen LogP contribution < -0.4 is 11.5 Å². The fourth-order valence-electron chi connectivity index (χ4n) is 3.36. The highest BCUT2D eigenvalue weighted by atomic mass is 32.1. The number of urea groups is 1. The number of carbonyl (C=O) groups excluding carboxylic acids is 2. The fourth-order valence-corrected chi connectivity index (χ4v) is 4.63. The summed E-state index contributed by atoms with van der Waals surface area (Å²) >= 11 is 1.33. The molecule has 3 rings (SSSR count). The minimum absolute atomic E-state index is 0.194. The predicted octanol–water partition coefficient (Wildman–Crippen LogP) is 2.06. The van der Waals surface area contributed by atoms with Crippen LogP contribution in [0.25, 0.3) is 10.6 Å². The topological polar surface area (TPSA) is 128 Å². The number of aromatic nitrogens is 3. The first-order valence-corrected chi connectivity index (χ1v) is 9.58. The summed E-state index contributed by atoms with van der Waals surface area (Å²) in [5.74, 6) is 0.107. The molecule has 144 valence electrons. The molecule has 27 heavy (non-hydrogen) atoms. The summed E-state index contributed by atoms with van der Waals surface area (Å²) in [7, 11) is 0. The van der Waals surface area contributed by atoms with Gasteiger partial charge in [0.15, 0.2) is 5.54 Å². The molecule has 1 unspecified atom stereocenters. The summed E-state index contributed by atoms with van der Waals surface area (Å²) in [5, 5.41) is 0.481. The lowest BCUT2D eigenvalue weighted by atomic mass is 9.95. The van der Waals surface area contributed by atoms with Crippen molar-refractivity contribution in [3.8, 4) is 10.6 Å². The van der Waals surface area contributed by atoms with Crippen molar-refractivity contribution in [3.63, 3.8) is 0 Å². The highest BCUT2D eigenvalue weighted by Gasteiger charge is 2.52. The molecule has 3 heterocycles. The first kappa shape index (κ1) is 19.2. The molecule has 3 amide bonds. The maximum Gasteiger partial charge on any atom is 0.316 e. The maximum atomic E-state index is 12.4. The average molecular weight is 388 g/mol. The monoisotopic (exact) mass is 388 g/mol. The number of nitrogens with zero attached hydrogens (tertiary/aromatic N) is 4. The summed E-state index contributed by atoms with van der Waals surface area (Å²) in [5.41, 5.74) is 11.2. The van der Waals surface area contributed by atoms with Crippen LogP contribution in [0.2, 0.25) is 0 Å². The Morgan fingerprint density at radius 1 is 1.26 bits per heavy atom. The molecule has 4 N–H and O–H groups in total. The molecular formula is C18H24N6O2S. The van der Waals surface area contributed by atoms with Crippen LogP contribution in [0.4, 0.5) is 4.79 Å². The molecular weight excluding hydrogens is 364 g/mol. The van der Waals surface area contributed by atoms with E-state index in [2.05, 4.69) is 15.0 Å². The molecule has 1 aliphatic rings. The van der Waals surface area contributed by atoms with Gasteiger partial charge < -0.3 is 16.4 Å². The molecule has 1 saturated heterocycles. The van der Waals surface area contributed by atoms with Gasteiger partial charge in [-0.15, -0.1) is 11.3 Å². The van der Waals surface area contributed by atoms with Gasteiger partial charge in [0.1, 0.15) is 10.8 Å². The van der Waals surface area contributed by atoms with Crippen LogP contribution >= 0.6 is 11.3 Å². The molecule has 9 heteroatoms. The number of nitrogens with two attached hydrogens (primary N) is 2. The predicted molar refractivity (Wildman–Crippen MR) is 103 cm³/mol. The summed E-state index contributed by atoms with van der Waals surface area (Å²) < 4.78 is 0. The number of thiazole rings is 1. The molecule has 0 saturated carbocycles. The van der Waals surface area contributed by atoms with E-state index >= 15 is 0 Å². The Hall–Kier alpha value is -2.55. The molecule has 0 radical (unpaired) electrons. The minimum atomic E-state index is -1.29. The Bertz CT molecular complexity index is 903. The molecule has 1 aliphatic heterocycles. The van der Waals surface area contributed by atoms with E-state index in [-0.39, 0.29) is 5.41 Å². The van der Waals surface area contributed by atoms with E-state index in [0.29, 0.717) is 24.4 Å². The number of rotatable bonds is 3. The van der Waals surface area contributed by atoms with Crippen molar-refractivity contribution in [2.24, 2.45) is 11.5 Å². The van der Waals surface area contributed by atoms with Gasteiger partial charge in [0.05, 0.1) is 16.3 Å². The largest absolute Gasteiger partial charge is 0.367 e. The zero-order valence-electron chi connectivity index (χ0n) is 15.9. The van der Waals surface area contributed by atoms with Crippen molar-refractivity contribution >= 4 is 23.3 Å². The van der Waals surface area contributed by atoms with E-state index in [0.717, 1.165) is 22.1 Å². The summed E-state index contributed by atoms with van der Waals surface area (Å²) in [6.07, 6.45) is 2.77. The molecule has 2 aromatic rings. The van der Waals surface area contributed by atoms with Gasteiger partial charge in [0.25, 0.3) is 5.91 Å². The summed E-state index contributed by atoms with van der Waals surface area (Å²) in [6, 6.07) is 1.15. The second-order valence-electron chi connectivity index (χ2n) is 7.77. The van der Waals surface area contributed by atoms with Gasteiger partial charge in [-0.05, 0) is 25.8 Å². The van der Waals surface area contributed by atoms with Crippen LogP contribution in [0, 0.1) is 6.92 Å². The van der Waals surface area contributed by atoms with E-state index in [9.17, 15) is 9.59 Å². The normalized spacial score (nSPS) is 20.1. The van der Waals surface area contributed by atoms with Crippen molar-refractivity contribution < 1.29 is 9.59 Å². The van der Waals surface area contributed by atoms with Gasteiger partial charge in [0, 0.05) is 18.2 Å². The van der Waals surface area contributed by atoms with Gasteiger partial charge >= 0.3 is 6.03 Å². The lowest BCUT2D eigenvalue weighted by Gasteiger charge is -2.32. The number of aryl methyl sites for hydroxylation is 1. The highest BCUT2D eigenvalue weighted by molar-refractivity contribution is 7.15. The van der Waals surface area contributed by atoms with Gasteiger partial charge in [-0.2, -0.15) is 0 Å². The zero-order valence-corrected chi connectivity index (χ0v) is 16.8. The molecule has 0 aromatic carbocycles. The van der Waals surface area contributed by atoms with E-state index in [1.165, 1.54) is 16.2 Å². The second-order valence-corrected chi connectivity index (χ2v) is 8.77. The lowest BCUT2D eigenvalue weighted by molar-refractivity contribution is -0.127. The molecule has 0 spiro atoms. The zero-order chi connectivity index (χ0) is 20.0. The number of hydrogen-bond donors (Lipinski definition) is 2. The minimum Gasteiger partial charge on any atom is -0.367 e. The maximum absolute atomic E-state index is 12.4. The third-order valence-corrected chi connectivity index (χ3v) is 6.10. The Morgan fingerprint density at radius 3 is 2.56 bits per heavy atom. The number of hydrogen-bond acceptors (Lipinski definition) is 6. The molecule has 0 aliphatic carbocycles. The molecule has 1 fully saturated rings. The third kappa shape index (κ3) is 3.16. The Balaban J connectivity index is 2.12. The van der Waals surface area contributed by atoms with Crippen molar-refractivity contribution in [3.05, 3.63) is 28.8 Å². The van der Waals surface area contributed by atoms with Gasteiger partial charge in [-0.1, -0.05) is 20.8 Å². The van der Waals surface area contributed by atoms with E-state index in [1.54, 1.807) is 6.20 Å². The molecule has 1 atom stereocenters. The molecule has 8 nitrogen and oxygen atoms in total. The smallest absolute Gasteiger partial charge is 0.316 e. The number of likely N-dealkylation sites (tertiary alicyclic amines) is 1. The SMILES string of the molecule is Cc1nc(C2(C(N)=O)CCCN2C(N)=O)sc1-c1ccnc(C(C)(C)C)n1. The second kappa shape index (κ2) is 6.56. The highest BCUT2D eigenvalue weighted by Crippen LogP contribution is 2.43. The Morgan fingerprint density at radius 2 is 1.96 bits per heavy atom. The standard InChI is InChI=1S/C18H24N6O2S/c1-10-12(11-6-8-21-14(23-11)17(2,3)4)27-15(22-10)18(13(19)25)7-5-9-24(18)16(20)26/h6,8H,5,7,9H2,1-4H3,(H2,19,25)(H2,20,26). The van der Waals surface area contributed by atoms with E-state index in [4.69, 9.17) is 11.5 Å².